The molecule has 1 aromatic heterocycles. The van der Waals surface area contributed by atoms with Gasteiger partial charge in [0.2, 0.25) is 0 Å². The molecule has 2 rings (SSSR count). The predicted molar refractivity (Wildman–Crippen MR) is 76.2 cm³/mol. The number of carboxylic acids is 1. The number of ether oxygens (including phenoxy) is 1. The maximum Gasteiger partial charge on any atom is 0.311 e. The lowest BCUT2D eigenvalue weighted by atomic mass is 9.80. The number of hydrogen-bond donors (Lipinski definition) is 2. The second-order valence-electron chi connectivity index (χ2n) is 5.23. The summed E-state index contributed by atoms with van der Waals surface area (Å²) in [4.78, 5) is 25.3. The molecule has 1 aliphatic rings. The van der Waals surface area contributed by atoms with E-state index in [4.69, 9.17) is 4.74 Å². The highest BCUT2D eigenvalue weighted by molar-refractivity contribution is 7.14. The zero-order valence-electron chi connectivity index (χ0n) is 11.7. The minimum Gasteiger partial charge on any atom is -0.481 e. The Hall–Kier alpha value is -1.40. The zero-order valence-corrected chi connectivity index (χ0v) is 12.5. The molecule has 0 unspecified atom stereocenters. The van der Waals surface area contributed by atoms with Crippen molar-refractivity contribution in [1.82, 2.24) is 5.32 Å². The quantitative estimate of drug-likeness (QED) is 0.891. The van der Waals surface area contributed by atoms with Crippen LogP contribution in [0.5, 0.6) is 0 Å². The average molecular weight is 297 g/mol. The van der Waals surface area contributed by atoms with E-state index in [2.05, 4.69) is 5.32 Å². The summed E-state index contributed by atoms with van der Waals surface area (Å²) in [5, 5.41) is 12.2. The van der Waals surface area contributed by atoms with Crippen LogP contribution in [0, 0.1) is 19.3 Å². The Morgan fingerprint density at radius 2 is 2.05 bits per heavy atom. The number of rotatable bonds is 4. The molecule has 110 valence electrons. The predicted octanol–water partition coefficient (Wildman–Crippen LogP) is 1.98. The van der Waals surface area contributed by atoms with E-state index in [1.54, 1.807) is 0 Å². The van der Waals surface area contributed by atoms with Crippen molar-refractivity contribution in [2.75, 3.05) is 19.8 Å². The highest BCUT2D eigenvalue weighted by Gasteiger charge is 2.40. The van der Waals surface area contributed by atoms with Crippen molar-refractivity contribution in [3.63, 3.8) is 0 Å². The van der Waals surface area contributed by atoms with Gasteiger partial charge >= 0.3 is 5.97 Å². The van der Waals surface area contributed by atoms with Gasteiger partial charge in [-0.2, -0.15) is 0 Å². The van der Waals surface area contributed by atoms with Crippen molar-refractivity contribution < 1.29 is 19.4 Å². The second-order valence-corrected chi connectivity index (χ2v) is 6.49. The van der Waals surface area contributed by atoms with Crippen molar-refractivity contribution in [1.29, 1.82) is 0 Å². The van der Waals surface area contributed by atoms with E-state index in [0.29, 0.717) is 30.9 Å². The highest BCUT2D eigenvalue weighted by Crippen LogP contribution is 2.30. The van der Waals surface area contributed by atoms with Gasteiger partial charge in [0.1, 0.15) is 0 Å². The van der Waals surface area contributed by atoms with Gasteiger partial charge in [-0.05, 0) is 38.3 Å². The Kier molecular flexibility index (Phi) is 4.45. The van der Waals surface area contributed by atoms with E-state index in [9.17, 15) is 14.7 Å². The summed E-state index contributed by atoms with van der Waals surface area (Å²) in [6.45, 7) is 4.94. The fourth-order valence-electron chi connectivity index (χ4n) is 2.25. The van der Waals surface area contributed by atoms with Gasteiger partial charge < -0.3 is 15.2 Å². The maximum absolute atomic E-state index is 12.1. The number of aliphatic carboxylic acids is 1. The van der Waals surface area contributed by atoms with Crippen LogP contribution < -0.4 is 5.32 Å². The van der Waals surface area contributed by atoms with Crippen LogP contribution in [0.2, 0.25) is 0 Å². The van der Waals surface area contributed by atoms with Gasteiger partial charge in [0, 0.05) is 24.6 Å². The second kappa shape index (κ2) is 5.93. The van der Waals surface area contributed by atoms with Crippen molar-refractivity contribution in [3.05, 3.63) is 21.4 Å². The van der Waals surface area contributed by atoms with Gasteiger partial charge in [-0.25, -0.2) is 0 Å². The molecule has 0 aromatic carbocycles. The smallest absolute Gasteiger partial charge is 0.311 e. The summed E-state index contributed by atoms with van der Waals surface area (Å²) < 4.78 is 5.21. The summed E-state index contributed by atoms with van der Waals surface area (Å²) in [6.07, 6.45) is 0.871. The molecule has 1 aromatic rings. The molecule has 0 aliphatic carbocycles. The Morgan fingerprint density at radius 1 is 1.40 bits per heavy atom. The zero-order chi connectivity index (χ0) is 14.8. The largest absolute Gasteiger partial charge is 0.481 e. The Balaban J connectivity index is 2.02. The normalized spacial score (nSPS) is 17.7. The topological polar surface area (TPSA) is 75.6 Å². The average Bonchev–Trinajstić information content (AvgIpc) is 2.77. The minimum atomic E-state index is -0.894. The molecule has 5 nitrogen and oxygen atoms in total. The molecule has 6 heteroatoms. The molecular weight excluding hydrogens is 278 g/mol. The van der Waals surface area contributed by atoms with Crippen LogP contribution in [0.15, 0.2) is 6.07 Å². The van der Waals surface area contributed by atoms with Crippen molar-refractivity contribution in [2.45, 2.75) is 26.7 Å². The first-order valence-electron chi connectivity index (χ1n) is 6.61. The van der Waals surface area contributed by atoms with Gasteiger partial charge in [0.25, 0.3) is 5.91 Å². The lowest BCUT2D eigenvalue weighted by Crippen LogP contribution is -2.46. The van der Waals surface area contributed by atoms with Crippen LogP contribution in [-0.2, 0) is 9.53 Å². The molecule has 0 bridgehead atoms. The molecule has 0 saturated carbocycles. The van der Waals surface area contributed by atoms with Crippen LogP contribution in [0.3, 0.4) is 0 Å². The van der Waals surface area contributed by atoms with Crippen molar-refractivity contribution in [3.8, 4) is 0 Å². The molecule has 2 N–H and O–H groups in total. The van der Waals surface area contributed by atoms with Crippen molar-refractivity contribution in [2.24, 2.45) is 5.41 Å². The molecular formula is C14H19NO4S. The van der Waals surface area contributed by atoms with Crippen LogP contribution >= 0.6 is 11.3 Å². The summed E-state index contributed by atoms with van der Waals surface area (Å²) >= 11 is 1.43. The fourth-order valence-corrected chi connectivity index (χ4v) is 3.20. The molecule has 0 radical (unpaired) electrons. The summed E-state index contributed by atoms with van der Waals surface area (Å²) in [7, 11) is 0. The number of aryl methyl sites for hydroxylation is 2. The van der Waals surface area contributed by atoms with E-state index in [1.165, 1.54) is 11.3 Å². The first-order valence-corrected chi connectivity index (χ1v) is 7.43. The number of carbonyl (C=O) groups is 2. The first kappa shape index (κ1) is 15.0. The fraction of sp³-hybridized carbons (Fsp3) is 0.571. The van der Waals surface area contributed by atoms with Crippen LogP contribution in [0.1, 0.15) is 33.0 Å². The molecule has 1 aliphatic heterocycles. The van der Waals surface area contributed by atoms with Gasteiger partial charge in [-0.3, -0.25) is 9.59 Å². The molecule has 2 heterocycles. The number of hydrogen-bond acceptors (Lipinski definition) is 4. The van der Waals surface area contributed by atoms with Gasteiger partial charge in [0.15, 0.2) is 0 Å². The van der Waals surface area contributed by atoms with Gasteiger partial charge in [-0.15, -0.1) is 11.3 Å². The number of carboxylic acid groups (broad SMARTS) is 1. The van der Waals surface area contributed by atoms with E-state index in [1.807, 2.05) is 19.9 Å². The number of amides is 1. The van der Waals surface area contributed by atoms with E-state index in [0.717, 1.165) is 10.4 Å². The Morgan fingerprint density at radius 3 is 2.55 bits per heavy atom. The lowest BCUT2D eigenvalue weighted by Gasteiger charge is -2.33. The van der Waals surface area contributed by atoms with E-state index in [-0.39, 0.29) is 12.5 Å². The molecule has 0 spiro atoms. The van der Waals surface area contributed by atoms with Crippen LogP contribution in [-0.4, -0.2) is 36.7 Å². The third-order valence-electron chi connectivity index (χ3n) is 3.88. The Labute approximate surface area is 121 Å². The first-order chi connectivity index (χ1) is 9.44. The maximum atomic E-state index is 12.1. The van der Waals surface area contributed by atoms with Crippen LogP contribution in [0.4, 0.5) is 0 Å². The molecule has 1 saturated heterocycles. The summed E-state index contributed by atoms with van der Waals surface area (Å²) in [5.74, 6) is -1.06. The van der Waals surface area contributed by atoms with E-state index >= 15 is 0 Å². The lowest BCUT2D eigenvalue weighted by molar-refractivity contribution is -0.154. The standard InChI is InChI=1S/C14H19NO4S/c1-9-7-11(20-10(9)2)12(16)15-8-14(13(17)18)3-5-19-6-4-14/h7H,3-6,8H2,1-2H3,(H,15,16)(H,17,18). The molecule has 0 atom stereocenters. The van der Waals surface area contributed by atoms with Gasteiger partial charge in [0.05, 0.1) is 10.3 Å². The van der Waals surface area contributed by atoms with E-state index < -0.39 is 11.4 Å². The molecule has 20 heavy (non-hydrogen) atoms. The van der Waals surface area contributed by atoms with Crippen LogP contribution in [0.25, 0.3) is 0 Å². The summed E-state index contributed by atoms with van der Waals surface area (Å²) in [6, 6.07) is 1.84. The SMILES string of the molecule is Cc1cc(C(=O)NCC2(C(=O)O)CCOCC2)sc1C. The summed E-state index contributed by atoms with van der Waals surface area (Å²) in [5.41, 5.74) is 0.189. The molecule has 1 fully saturated rings. The number of carbonyl (C=O) groups excluding carboxylic acids is 1. The number of thiophene rings is 1. The Bertz CT molecular complexity index is 498. The van der Waals surface area contributed by atoms with Gasteiger partial charge in [-0.1, -0.05) is 0 Å². The highest BCUT2D eigenvalue weighted by atomic mass is 32.1. The van der Waals surface area contributed by atoms with Crippen molar-refractivity contribution >= 4 is 23.2 Å². The minimum absolute atomic E-state index is 0.153. The monoisotopic (exact) mass is 297 g/mol. The third kappa shape index (κ3) is 3.02. The third-order valence-corrected chi connectivity index (χ3v) is 5.03. The number of nitrogens with one attached hydrogen (secondary N) is 1. The molecule has 1 amide bonds.